The zero-order valence-electron chi connectivity index (χ0n) is 15.2. The Morgan fingerprint density at radius 2 is 1.89 bits per heavy atom. The Morgan fingerprint density at radius 3 is 2.52 bits per heavy atom. The van der Waals surface area contributed by atoms with Crippen molar-refractivity contribution in [2.45, 2.75) is 13.0 Å². The van der Waals surface area contributed by atoms with Crippen molar-refractivity contribution in [1.82, 2.24) is 9.55 Å². The van der Waals surface area contributed by atoms with Gasteiger partial charge in [-0.3, -0.25) is 9.78 Å². The van der Waals surface area contributed by atoms with E-state index in [9.17, 15) is 9.59 Å². The summed E-state index contributed by atoms with van der Waals surface area (Å²) in [6.07, 6.45) is 6.93. The van der Waals surface area contributed by atoms with Crippen LogP contribution in [0.5, 0.6) is 0 Å². The number of rotatable bonds is 6. The average Bonchev–Trinajstić information content (AvgIpc) is 3.14. The molecule has 0 amide bonds. The summed E-state index contributed by atoms with van der Waals surface area (Å²) in [6, 6.07) is 13.1. The molecule has 0 saturated carbocycles. The molecule has 0 radical (unpaired) electrons. The molecule has 1 atom stereocenters. The number of benzene rings is 1. The van der Waals surface area contributed by atoms with Gasteiger partial charge in [0, 0.05) is 42.8 Å². The molecule has 0 N–H and O–H groups in total. The molecule has 138 valence electrons. The first-order valence-electron chi connectivity index (χ1n) is 8.48. The van der Waals surface area contributed by atoms with Gasteiger partial charge in [-0.1, -0.05) is 36.4 Å². The zero-order valence-corrected chi connectivity index (χ0v) is 15.2. The second-order valence-electron chi connectivity index (χ2n) is 6.00. The van der Waals surface area contributed by atoms with E-state index >= 15 is 0 Å². The lowest BCUT2D eigenvalue weighted by molar-refractivity contribution is -0.141. The van der Waals surface area contributed by atoms with Gasteiger partial charge in [-0.15, -0.1) is 0 Å². The Morgan fingerprint density at radius 1 is 1.11 bits per heavy atom. The number of methoxy groups -OCH3 is 1. The first kappa shape index (κ1) is 18.4. The van der Waals surface area contributed by atoms with Gasteiger partial charge in [0.2, 0.25) is 0 Å². The van der Waals surface area contributed by atoms with E-state index < -0.39 is 5.97 Å². The predicted molar refractivity (Wildman–Crippen MR) is 100 cm³/mol. The fraction of sp³-hybridized carbons (Fsp3) is 0.190. The Hall–Kier alpha value is -3.41. The maximum absolute atomic E-state index is 12.3. The van der Waals surface area contributed by atoms with E-state index in [1.54, 1.807) is 24.7 Å². The van der Waals surface area contributed by atoms with Crippen molar-refractivity contribution < 1.29 is 19.1 Å². The smallest absolute Gasteiger partial charge is 0.340 e. The molecule has 0 bridgehead atoms. The van der Waals surface area contributed by atoms with Crippen molar-refractivity contribution in [1.29, 1.82) is 0 Å². The van der Waals surface area contributed by atoms with Crippen molar-refractivity contribution in [2.24, 2.45) is 0 Å². The topological polar surface area (TPSA) is 70.4 Å². The monoisotopic (exact) mass is 364 g/mol. The summed E-state index contributed by atoms with van der Waals surface area (Å²) >= 11 is 0. The molecule has 6 nitrogen and oxygen atoms in total. The van der Waals surface area contributed by atoms with Crippen LogP contribution in [0.1, 0.15) is 28.9 Å². The standard InChI is InChI=1S/C21H20N2O4/c1-15(24)27-14-20(16-7-4-3-5-8-16)23-12-18(17-9-6-10-22-11-17)19(13-23)21(25)26-2/h3-13,20H,14H2,1-2H3/t20-/m0/s1. The van der Waals surface area contributed by atoms with Gasteiger partial charge in [0.1, 0.15) is 6.61 Å². The molecule has 0 spiro atoms. The summed E-state index contributed by atoms with van der Waals surface area (Å²) < 4.78 is 12.1. The minimum atomic E-state index is -0.438. The minimum Gasteiger partial charge on any atom is -0.465 e. The van der Waals surface area contributed by atoms with Crippen LogP contribution in [0.4, 0.5) is 0 Å². The quantitative estimate of drug-likeness (QED) is 0.626. The van der Waals surface area contributed by atoms with Crippen LogP contribution in [-0.4, -0.2) is 35.2 Å². The van der Waals surface area contributed by atoms with E-state index in [0.29, 0.717) is 11.1 Å². The third-order valence-electron chi connectivity index (χ3n) is 4.21. The summed E-state index contributed by atoms with van der Waals surface area (Å²) in [7, 11) is 1.35. The van der Waals surface area contributed by atoms with Crippen molar-refractivity contribution in [2.75, 3.05) is 13.7 Å². The van der Waals surface area contributed by atoms with E-state index in [1.165, 1.54) is 14.0 Å². The van der Waals surface area contributed by atoms with Crippen LogP contribution in [0.25, 0.3) is 11.1 Å². The Balaban J connectivity index is 2.08. The molecule has 1 aromatic carbocycles. The van der Waals surface area contributed by atoms with Crippen LogP contribution >= 0.6 is 0 Å². The Kier molecular flexibility index (Phi) is 5.66. The third-order valence-corrected chi connectivity index (χ3v) is 4.21. The molecule has 3 aromatic rings. The van der Waals surface area contributed by atoms with Crippen LogP contribution in [0.15, 0.2) is 67.3 Å². The van der Waals surface area contributed by atoms with Gasteiger partial charge < -0.3 is 14.0 Å². The molecule has 6 heteroatoms. The number of carbonyl (C=O) groups excluding carboxylic acids is 2. The second kappa shape index (κ2) is 8.31. The van der Waals surface area contributed by atoms with E-state index in [4.69, 9.17) is 9.47 Å². The first-order valence-corrected chi connectivity index (χ1v) is 8.48. The largest absolute Gasteiger partial charge is 0.465 e. The molecule has 2 aromatic heterocycles. The Labute approximate surface area is 157 Å². The summed E-state index contributed by atoms with van der Waals surface area (Å²) in [5, 5.41) is 0. The molecule has 2 heterocycles. The first-order chi connectivity index (χ1) is 13.1. The second-order valence-corrected chi connectivity index (χ2v) is 6.00. The van der Waals surface area contributed by atoms with Crippen LogP contribution in [-0.2, 0) is 14.3 Å². The lowest BCUT2D eigenvalue weighted by Gasteiger charge is -2.19. The van der Waals surface area contributed by atoms with Crippen LogP contribution in [0.2, 0.25) is 0 Å². The van der Waals surface area contributed by atoms with Gasteiger partial charge in [0.25, 0.3) is 0 Å². The number of pyridine rings is 1. The predicted octanol–water partition coefficient (Wildman–Crippen LogP) is 3.49. The summed E-state index contributed by atoms with van der Waals surface area (Å²) in [5.74, 6) is -0.796. The fourth-order valence-electron chi connectivity index (χ4n) is 2.91. The van der Waals surface area contributed by atoms with Gasteiger partial charge in [-0.05, 0) is 11.6 Å². The number of hydrogen-bond donors (Lipinski definition) is 0. The molecule has 0 aliphatic carbocycles. The van der Waals surface area contributed by atoms with E-state index in [1.807, 2.05) is 47.2 Å². The van der Waals surface area contributed by atoms with Crippen LogP contribution in [0.3, 0.4) is 0 Å². The molecule has 0 fully saturated rings. The number of ether oxygens (including phenoxy) is 2. The van der Waals surface area contributed by atoms with Gasteiger partial charge in [-0.2, -0.15) is 0 Å². The van der Waals surface area contributed by atoms with Crippen molar-refractivity contribution in [3.8, 4) is 11.1 Å². The minimum absolute atomic E-state index is 0.154. The number of hydrogen-bond acceptors (Lipinski definition) is 5. The lowest BCUT2D eigenvalue weighted by atomic mass is 10.1. The lowest BCUT2D eigenvalue weighted by Crippen LogP contribution is -2.17. The highest BCUT2D eigenvalue weighted by atomic mass is 16.5. The van der Waals surface area contributed by atoms with E-state index in [-0.39, 0.29) is 18.6 Å². The van der Waals surface area contributed by atoms with Crippen molar-refractivity contribution >= 4 is 11.9 Å². The highest BCUT2D eigenvalue weighted by molar-refractivity contribution is 5.97. The van der Waals surface area contributed by atoms with Gasteiger partial charge in [0.05, 0.1) is 18.7 Å². The number of carbonyl (C=O) groups is 2. The van der Waals surface area contributed by atoms with Crippen molar-refractivity contribution in [3.63, 3.8) is 0 Å². The SMILES string of the molecule is COC(=O)c1cn([C@@H](COC(C)=O)c2ccccc2)cc1-c1cccnc1. The molecule has 3 rings (SSSR count). The molecule has 0 unspecified atom stereocenters. The molecule has 27 heavy (non-hydrogen) atoms. The van der Waals surface area contributed by atoms with E-state index in [2.05, 4.69) is 4.98 Å². The van der Waals surface area contributed by atoms with Crippen molar-refractivity contribution in [3.05, 3.63) is 78.4 Å². The van der Waals surface area contributed by atoms with Crippen LogP contribution in [0, 0.1) is 0 Å². The number of aromatic nitrogens is 2. The van der Waals surface area contributed by atoms with Crippen LogP contribution < -0.4 is 0 Å². The highest BCUT2D eigenvalue weighted by Crippen LogP contribution is 2.29. The fourth-order valence-corrected chi connectivity index (χ4v) is 2.91. The number of esters is 2. The Bertz CT molecular complexity index is 920. The maximum Gasteiger partial charge on any atom is 0.340 e. The summed E-state index contributed by atoms with van der Waals surface area (Å²) in [5.41, 5.74) is 2.90. The maximum atomic E-state index is 12.3. The van der Waals surface area contributed by atoms with Gasteiger partial charge >= 0.3 is 11.9 Å². The average molecular weight is 364 g/mol. The highest BCUT2D eigenvalue weighted by Gasteiger charge is 2.22. The summed E-state index contributed by atoms with van der Waals surface area (Å²) in [4.78, 5) is 27.8. The van der Waals surface area contributed by atoms with E-state index in [0.717, 1.165) is 11.1 Å². The van der Waals surface area contributed by atoms with Gasteiger partial charge in [-0.25, -0.2) is 4.79 Å². The molecular formula is C21H20N2O4. The molecule has 0 saturated heterocycles. The third kappa shape index (κ3) is 4.23. The normalized spacial score (nSPS) is 11.6. The van der Waals surface area contributed by atoms with Gasteiger partial charge in [0.15, 0.2) is 0 Å². The molecule has 0 aliphatic rings. The molecule has 0 aliphatic heterocycles. The zero-order chi connectivity index (χ0) is 19.2. The number of nitrogens with zero attached hydrogens (tertiary/aromatic N) is 2. The molecular weight excluding hydrogens is 344 g/mol. The summed E-state index contributed by atoms with van der Waals surface area (Å²) in [6.45, 7) is 1.53.